The summed E-state index contributed by atoms with van der Waals surface area (Å²) in [4.78, 5) is 63.1. The monoisotopic (exact) mass is 392 g/mol. The standard InChI is InChI=1S/C18H20N2O8/c1-26-17(24)13(19-18(25)27-11-12-5-3-2-4-6-12)7-10-16(23)28-20-14(21)8-9-15(20)22/h2-6,13H,7-11H2,1H3,(H,19,25)/t13-/m0/s1. The molecule has 1 atom stereocenters. The molecule has 0 radical (unpaired) electrons. The van der Waals surface area contributed by atoms with E-state index in [1.807, 2.05) is 6.07 Å². The van der Waals surface area contributed by atoms with Gasteiger partial charge in [-0.15, -0.1) is 5.06 Å². The van der Waals surface area contributed by atoms with Crippen LogP contribution in [0.1, 0.15) is 31.2 Å². The van der Waals surface area contributed by atoms with Crippen LogP contribution in [0, 0.1) is 0 Å². The minimum absolute atomic E-state index is 0.00178. The van der Waals surface area contributed by atoms with Crippen LogP contribution in [0.4, 0.5) is 4.79 Å². The second-order valence-electron chi connectivity index (χ2n) is 5.87. The lowest BCUT2D eigenvalue weighted by molar-refractivity contribution is -0.197. The van der Waals surface area contributed by atoms with Crippen LogP contribution < -0.4 is 5.32 Å². The van der Waals surface area contributed by atoms with Crippen molar-refractivity contribution in [1.82, 2.24) is 10.4 Å². The smallest absolute Gasteiger partial charge is 0.408 e. The van der Waals surface area contributed by atoms with Crippen molar-refractivity contribution in [3.63, 3.8) is 0 Å². The van der Waals surface area contributed by atoms with E-state index in [0.717, 1.165) is 12.7 Å². The van der Waals surface area contributed by atoms with Crippen LogP contribution in [-0.2, 0) is 40.1 Å². The first kappa shape index (κ1) is 20.9. The van der Waals surface area contributed by atoms with Crippen LogP contribution in [0.2, 0.25) is 0 Å². The number of alkyl carbamates (subject to hydrolysis) is 1. The topological polar surface area (TPSA) is 128 Å². The molecule has 1 aromatic carbocycles. The Bertz CT molecular complexity index is 733. The lowest BCUT2D eigenvalue weighted by atomic mass is 10.1. The van der Waals surface area contributed by atoms with Crippen molar-refractivity contribution in [2.45, 2.75) is 38.3 Å². The average molecular weight is 392 g/mol. The van der Waals surface area contributed by atoms with Gasteiger partial charge in [0.2, 0.25) is 0 Å². The minimum atomic E-state index is -1.16. The average Bonchev–Trinajstić information content (AvgIpc) is 3.01. The minimum Gasteiger partial charge on any atom is -0.467 e. The summed E-state index contributed by atoms with van der Waals surface area (Å²) in [6.07, 6.45) is -1.41. The molecule has 0 bridgehead atoms. The Morgan fingerprint density at radius 2 is 1.75 bits per heavy atom. The fraction of sp³-hybridized carbons (Fsp3) is 0.389. The maximum atomic E-state index is 11.9. The summed E-state index contributed by atoms with van der Waals surface area (Å²) >= 11 is 0. The van der Waals surface area contributed by atoms with Crippen LogP contribution in [0.3, 0.4) is 0 Å². The number of amides is 3. The highest BCUT2D eigenvalue weighted by molar-refractivity contribution is 6.01. The molecule has 1 fully saturated rings. The van der Waals surface area contributed by atoms with Crippen molar-refractivity contribution >= 4 is 29.8 Å². The van der Waals surface area contributed by atoms with Crippen LogP contribution in [0.15, 0.2) is 30.3 Å². The number of hydrogen-bond acceptors (Lipinski definition) is 8. The SMILES string of the molecule is COC(=O)[C@H](CCC(=O)ON1C(=O)CCC1=O)NC(=O)OCc1ccccc1. The molecule has 0 unspecified atom stereocenters. The number of hydroxylamine groups is 2. The summed E-state index contributed by atoms with van der Waals surface area (Å²) in [7, 11) is 1.13. The second-order valence-corrected chi connectivity index (χ2v) is 5.87. The molecule has 2 rings (SSSR count). The summed E-state index contributed by atoms with van der Waals surface area (Å²) in [5.74, 6) is -2.88. The number of imide groups is 1. The predicted molar refractivity (Wildman–Crippen MR) is 92.0 cm³/mol. The van der Waals surface area contributed by atoms with E-state index >= 15 is 0 Å². The van der Waals surface area contributed by atoms with E-state index in [9.17, 15) is 24.0 Å². The number of ether oxygens (including phenoxy) is 2. The van der Waals surface area contributed by atoms with Crippen molar-refractivity contribution in [1.29, 1.82) is 0 Å². The summed E-state index contributed by atoms with van der Waals surface area (Å²) in [5, 5.41) is 2.73. The van der Waals surface area contributed by atoms with Crippen molar-refractivity contribution in [2.75, 3.05) is 7.11 Å². The van der Waals surface area contributed by atoms with Gasteiger partial charge < -0.3 is 19.6 Å². The van der Waals surface area contributed by atoms with Gasteiger partial charge in [0.05, 0.1) is 13.5 Å². The molecule has 0 saturated carbocycles. The van der Waals surface area contributed by atoms with E-state index in [1.54, 1.807) is 24.3 Å². The van der Waals surface area contributed by atoms with Gasteiger partial charge in [-0.3, -0.25) is 9.59 Å². The fourth-order valence-corrected chi connectivity index (χ4v) is 2.37. The molecule has 0 spiro atoms. The number of benzene rings is 1. The summed E-state index contributed by atoms with van der Waals surface area (Å²) < 4.78 is 9.62. The number of esters is 1. The molecule has 1 heterocycles. The van der Waals surface area contributed by atoms with Crippen molar-refractivity contribution in [3.05, 3.63) is 35.9 Å². The van der Waals surface area contributed by atoms with Gasteiger partial charge in [-0.05, 0) is 12.0 Å². The number of hydrogen-bond donors (Lipinski definition) is 1. The molecule has 0 aromatic heterocycles. The highest BCUT2D eigenvalue weighted by Gasteiger charge is 2.33. The molecule has 0 aliphatic carbocycles. The summed E-state index contributed by atoms with van der Waals surface area (Å²) in [6.45, 7) is 0.00178. The number of methoxy groups -OCH3 is 1. The predicted octanol–water partition coefficient (Wildman–Crippen LogP) is 0.842. The van der Waals surface area contributed by atoms with Gasteiger partial charge in [0.15, 0.2) is 0 Å². The van der Waals surface area contributed by atoms with Crippen molar-refractivity contribution < 1.29 is 38.3 Å². The zero-order chi connectivity index (χ0) is 20.5. The maximum Gasteiger partial charge on any atom is 0.408 e. The Balaban J connectivity index is 1.82. The molecule has 3 amide bonds. The zero-order valence-electron chi connectivity index (χ0n) is 15.2. The highest BCUT2D eigenvalue weighted by Crippen LogP contribution is 2.13. The second kappa shape index (κ2) is 10.0. The van der Waals surface area contributed by atoms with E-state index in [4.69, 9.17) is 9.57 Å². The number of carbonyl (C=O) groups is 5. The van der Waals surface area contributed by atoms with Crippen LogP contribution in [0.5, 0.6) is 0 Å². The summed E-state index contributed by atoms with van der Waals surface area (Å²) in [5.41, 5.74) is 0.760. The quantitative estimate of drug-likeness (QED) is 0.509. The lowest BCUT2D eigenvalue weighted by Crippen LogP contribution is -2.42. The van der Waals surface area contributed by atoms with Crippen LogP contribution >= 0.6 is 0 Å². The van der Waals surface area contributed by atoms with Gasteiger partial charge >= 0.3 is 18.0 Å². The number of nitrogens with one attached hydrogen (secondary N) is 1. The van der Waals surface area contributed by atoms with Crippen molar-refractivity contribution in [3.8, 4) is 0 Å². The Labute approximate surface area is 160 Å². The van der Waals surface area contributed by atoms with Gasteiger partial charge in [0, 0.05) is 12.8 Å². The molecule has 1 aliphatic heterocycles. The third-order valence-corrected chi connectivity index (χ3v) is 3.83. The Hall–Kier alpha value is -3.43. The third-order valence-electron chi connectivity index (χ3n) is 3.83. The summed E-state index contributed by atoms with van der Waals surface area (Å²) in [6, 6.07) is 7.76. The van der Waals surface area contributed by atoms with Crippen LogP contribution in [-0.4, -0.2) is 48.1 Å². The largest absolute Gasteiger partial charge is 0.467 e. The third kappa shape index (κ3) is 6.08. The molecule has 1 aliphatic rings. The Morgan fingerprint density at radius 3 is 2.36 bits per heavy atom. The van der Waals surface area contributed by atoms with Gasteiger partial charge in [-0.2, -0.15) is 0 Å². The van der Waals surface area contributed by atoms with Gasteiger partial charge in [-0.1, -0.05) is 30.3 Å². The van der Waals surface area contributed by atoms with E-state index in [-0.39, 0.29) is 32.3 Å². The number of nitrogens with zero attached hydrogens (tertiary/aromatic N) is 1. The molecule has 1 N–H and O–H groups in total. The Morgan fingerprint density at radius 1 is 1.11 bits per heavy atom. The van der Waals surface area contributed by atoms with E-state index in [2.05, 4.69) is 10.1 Å². The first-order valence-electron chi connectivity index (χ1n) is 8.52. The van der Waals surface area contributed by atoms with Crippen LogP contribution in [0.25, 0.3) is 0 Å². The lowest BCUT2D eigenvalue weighted by Gasteiger charge is -2.17. The molecule has 150 valence electrons. The zero-order valence-corrected chi connectivity index (χ0v) is 15.2. The molecule has 28 heavy (non-hydrogen) atoms. The van der Waals surface area contributed by atoms with Gasteiger partial charge in [-0.25, -0.2) is 14.4 Å². The highest BCUT2D eigenvalue weighted by atomic mass is 16.7. The van der Waals surface area contributed by atoms with Crippen molar-refractivity contribution in [2.24, 2.45) is 0 Å². The molecular weight excluding hydrogens is 372 g/mol. The van der Waals surface area contributed by atoms with E-state index < -0.39 is 35.9 Å². The molecule has 10 nitrogen and oxygen atoms in total. The normalized spacial score (nSPS) is 14.4. The molecule has 1 aromatic rings. The van der Waals surface area contributed by atoms with E-state index in [1.165, 1.54) is 0 Å². The number of rotatable bonds is 8. The fourth-order valence-electron chi connectivity index (χ4n) is 2.37. The number of carbonyl (C=O) groups excluding carboxylic acids is 5. The maximum absolute atomic E-state index is 11.9. The van der Waals surface area contributed by atoms with E-state index in [0.29, 0.717) is 5.06 Å². The first-order valence-corrected chi connectivity index (χ1v) is 8.52. The molecule has 1 saturated heterocycles. The first-order chi connectivity index (χ1) is 13.4. The Kier molecular flexibility index (Phi) is 7.49. The van der Waals surface area contributed by atoms with Gasteiger partial charge in [0.25, 0.3) is 11.8 Å². The molecule has 10 heteroatoms. The molecular formula is C18H20N2O8. The van der Waals surface area contributed by atoms with Gasteiger partial charge in [0.1, 0.15) is 12.6 Å².